The summed E-state index contributed by atoms with van der Waals surface area (Å²) in [4.78, 5) is 0. The van der Waals surface area contributed by atoms with Crippen LogP contribution in [0.5, 0.6) is 0 Å². The Balaban J connectivity index is -0.0000000500. The largest absolute Gasteiger partial charge is 3.00 e. The molecule has 0 heterocycles. The molecular weight excluding hydrogens is 222 g/mol. The van der Waals surface area contributed by atoms with Crippen LogP contribution >= 0.6 is 0 Å². The van der Waals surface area contributed by atoms with E-state index in [1.165, 1.54) is 0 Å². The van der Waals surface area contributed by atoms with Gasteiger partial charge in [-0.2, -0.15) is 0 Å². The Bertz CT molecular complexity index is 171. The van der Waals surface area contributed by atoms with E-state index >= 15 is 0 Å². The Kier molecular flexibility index (Phi) is 31.3. The first-order valence-electron chi connectivity index (χ1n) is 3.85. The van der Waals surface area contributed by atoms with Crippen LogP contribution in [0.15, 0.2) is 0 Å². The summed E-state index contributed by atoms with van der Waals surface area (Å²) in [6.45, 7) is 11.2. The molecular formula is C12H26AlLiOSi. The molecule has 1 nitrogen and oxygen atoms in total. The second-order valence-electron chi connectivity index (χ2n) is 4.23. The fourth-order valence-electron chi connectivity index (χ4n) is 0.433. The molecule has 0 saturated heterocycles. The van der Waals surface area contributed by atoms with Crippen LogP contribution in [0.1, 0.15) is 20.8 Å². The summed E-state index contributed by atoms with van der Waals surface area (Å²) in [7, 11) is -1.61. The zero-order valence-electron chi connectivity index (χ0n) is 12.7. The molecule has 0 aromatic rings. The average Bonchev–Trinajstić information content (AvgIpc) is 1.81. The van der Waals surface area contributed by atoms with E-state index in [0.29, 0.717) is 6.61 Å². The van der Waals surface area contributed by atoms with Gasteiger partial charge in [-0.1, -0.05) is 20.8 Å². The summed E-state index contributed by atoms with van der Waals surface area (Å²) in [5, 5.41) is 0.240. The third kappa shape index (κ3) is 12.9. The van der Waals surface area contributed by atoms with Crippen molar-refractivity contribution in [2.75, 3.05) is 6.61 Å². The van der Waals surface area contributed by atoms with Crippen LogP contribution in [0.2, 0.25) is 18.1 Å². The van der Waals surface area contributed by atoms with E-state index < -0.39 is 8.32 Å². The minimum atomic E-state index is -1.61. The molecule has 0 fully saturated rings. The topological polar surface area (TPSA) is 9.23 Å². The second-order valence-corrected chi connectivity index (χ2v) is 9.04. The molecule has 0 rings (SSSR count). The second kappa shape index (κ2) is 13.9. The van der Waals surface area contributed by atoms with Gasteiger partial charge in [0.1, 0.15) is 0 Å². The van der Waals surface area contributed by atoms with Crippen LogP contribution in [-0.2, 0) is 4.43 Å². The summed E-state index contributed by atoms with van der Waals surface area (Å²) in [5.41, 5.74) is 0. The van der Waals surface area contributed by atoms with Gasteiger partial charge in [-0.15, -0.1) is 0 Å². The summed E-state index contributed by atoms with van der Waals surface area (Å²) >= 11 is 0. The molecule has 0 aromatic heterocycles. The molecule has 0 saturated carbocycles. The van der Waals surface area contributed by atoms with Crippen LogP contribution in [0.4, 0.5) is 0 Å². The smallest absolute Gasteiger partial charge is 0.691 e. The van der Waals surface area contributed by atoms with Crippen molar-refractivity contribution in [1.29, 1.82) is 0 Å². The molecule has 0 amide bonds. The van der Waals surface area contributed by atoms with Gasteiger partial charge in [-0.05, 0) is 18.1 Å². The van der Waals surface area contributed by atoms with E-state index in [4.69, 9.17) is 10.8 Å². The van der Waals surface area contributed by atoms with Gasteiger partial charge in [-0.3, -0.25) is 0 Å². The van der Waals surface area contributed by atoms with Crippen molar-refractivity contribution in [3.8, 4) is 5.92 Å². The number of rotatable bonds is 2. The monoisotopic (exact) mass is 248 g/mol. The van der Waals surface area contributed by atoms with Gasteiger partial charge in [0.15, 0.2) is 8.32 Å². The van der Waals surface area contributed by atoms with Crippen LogP contribution in [-0.4, -0.2) is 32.3 Å². The molecule has 88 valence electrons. The van der Waals surface area contributed by atoms with E-state index in [0.717, 1.165) is 0 Å². The summed E-state index contributed by atoms with van der Waals surface area (Å²) < 4.78 is 5.58. The van der Waals surface area contributed by atoms with Crippen molar-refractivity contribution in [3.05, 3.63) is 28.7 Å². The number of hydrogen-bond donors (Lipinski definition) is 0. The third-order valence-corrected chi connectivity index (χ3v) is 6.79. The minimum absolute atomic E-state index is 0. The first-order valence-corrected chi connectivity index (χ1v) is 6.75. The first-order chi connectivity index (χ1) is 4.81. The van der Waals surface area contributed by atoms with E-state index in [-0.39, 0.29) is 63.5 Å². The Morgan fingerprint density at radius 1 is 1.12 bits per heavy atom. The summed E-state index contributed by atoms with van der Waals surface area (Å²) in [6.07, 6.45) is 6.73. The van der Waals surface area contributed by atoms with Crippen LogP contribution in [0.25, 0.3) is 0 Å². The third-order valence-electron chi connectivity index (χ3n) is 2.31. The van der Waals surface area contributed by atoms with Crippen molar-refractivity contribution in [2.24, 2.45) is 0 Å². The molecule has 16 heavy (non-hydrogen) atoms. The molecule has 0 atom stereocenters. The standard InChI is InChI=1S/C9H17OSi.3CH3.Al.Li/c1-7-8-10-11(5,6)9(2,3)4;;;;;/h8H2,2-6H3;3*1H3;;/q4*-1;+3;+1. The molecule has 0 N–H and O–H groups in total. The van der Waals surface area contributed by atoms with Crippen molar-refractivity contribution >= 4 is 25.7 Å². The molecule has 0 bridgehead atoms. The Labute approximate surface area is 129 Å². The maximum atomic E-state index is 6.73. The SMILES string of the molecule is [Al+3].[C-]#CCO[Si](C)(C)C(C)(C)C.[CH3-].[CH3-].[CH3-].[Li+]. The van der Waals surface area contributed by atoms with Crippen LogP contribution < -0.4 is 18.9 Å². The molecule has 0 radical (unpaired) electrons. The van der Waals surface area contributed by atoms with Crippen LogP contribution in [0, 0.1) is 34.6 Å². The van der Waals surface area contributed by atoms with Crippen LogP contribution in [0.3, 0.4) is 0 Å². The summed E-state index contributed by atoms with van der Waals surface area (Å²) in [6, 6.07) is 0. The maximum Gasteiger partial charge on any atom is 3.00 e. The fraction of sp³-hybridized carbons (Fsp3) is 0.583. The quantitative estimate of drug-likeness (QED) is 0.394. The Hall–Kier alpha value is 0.867. The number of hydrogen-bond acceptors (Lipinski definition) is 1. The molecule has 0 aliphatic heterocycles. The van der Waals surface area contributed by atoms with E-state index in [2.05, 4.69) is 39.8 Å². The first kappa shape index (κ1) is 36.0. The van der Waals surface area contributed by atoms with Crippen molar-refractivity contribution in [2.45, 2.75) is 38.9 Å². The van der Waals surface area contributed by atoms with Gasteiger partial charge in [0, 0.05) is 0 Å². The van der Waals surface area contributed by atoms with Crippen molar-refractivity contribution in [3.63, 3.8) is 0 Å². The van der Waals surface area contributed by atoms with E-state index in [1.807, 2.05) is 0 Å². The zero-order chi connectivity index (χ0) is 9.12. The molecule has 0 aromatic carbocycles. The van der Waals surface area contributed by atoms with E-state index in [9.17, 15) is 0 Å². The zero-order valence-corrected chi connectivity index (χ0v) is 14.8. The Morgan fingerprint density at radius 3 is 1.62 bits per heavy atom. The summed E-state index contributed by atoms with van der Waals surface area (Å²) in [5.74, 6) is 2.26. The van der Waals surface area contributed by atoms with Crippen molar-refractivity contribution < 1.29 is 23.3 Å². The molecule has 0 aliphatic carbocycles. The van der Waals surface area contributed by atoms with Gasteiger partial charge in [0.2, 0.25) is 0 Å². The molecule has 4 heteroatoms. The van der Waals surface area contributed by atoms with Crippen molar-refractivity contribution in [1.82, 2.24) is 0 Å². The predicted molar refractivity (Wildman–Crippen MR) is 75.3 cm³/mol. The van der Waals surface area contributed by atoms with E-state index in [1.54, 1.807) is 0 Å². The Morgan fingerprint density at radius 2 is 1.44 bits per heavy atom. The van der Waals surface area contributed by atoms with Gasteiger partial charge in [0.25, 0.3) is 0 Å². The normalized spacial score (nSPS) is 8.75. The molecule has 0 aliphatic rings. The van der Waals surface area contributed by atoms with Gasteiger partial charge < -0.3 is 39.0 Å². The molecule has 0 unspecified atom stereocenters. The molecule has 0 spiro atoms. The maximum absolute atomic E-state index is 6.73. The predicted octanol–water partition coefficient (Wildman–Crippen LogP) is 0.572. The minimum Gasteiger partial charge on any atom is -0.691 e. The average molecular weight is 248 g/mol. The van der Waals surface area contributed by atoms with Gasteiger partial charge in [-0.25, -0.2) is 0 Å². The van der Waals surface area contributed by atoms with Gasteiger partial charge >= 0.3 is 36.2 Å². The van der Waals surface area contributed by atoms with Gasteiger partial charge in [0.05, 0.1) is 6.61 Å². The fourth-order valence-corrected chi connectivity index (χ4v) is 1.30.